The van der Waals surface area contributed by atoms with E-state index in [1.807, 2.05) is 0 Å². The van der Waals surface area contributed by atoms with Gasteiger partial charge in [0.15, 0.2) is 0 Å². The van der Waals surface area contributed by atoms with Crippen molar-refractivity contribution in [1.29, 1.82) is 0 Å². The molecule has 0 saturated heterocycles. The molecule has 2 aliphatic rings. The molecule has 1 saturated carbocycles. The smallest absolute Gasteiger partial charge is 0.00417 e. The Bertz CT molecular complexity index is 393. The third kappa shape index (κ3) is 1.35. The number of fused-ring (bicyclic) bond motifs is 3. The Labute approximate surface area is 99.1 Å². The van der Waals surface area contributed by atoms with Gasteiger partial charge in [-0.25, -0.2) is 0 Å². The molecule has 0 aliphatic heterocycles. The van der Waals surface area contributed by atoms with Crippen molar-refractivity contribution in [3.63, 3.8) is 0 Å². The van der Waals surface area contributed by atoms with Crippen LogP contribution in [0.3, 0.4) is 0 Å². The van der Waals surface area contributed by atoms with Crippen molar-refractivity contribution in [1.82, 2.24) is 0 Å². The highest BCUT2D eigenvalue weighted by Gasteiger charge is 2.44. The van der Waals surface area contributed by atoms with Crippen LogP contribution in [0.2, 0.25) is 0 Å². The molecule has 0 heterocycles. The van der Waals surface area contributed by atoms with Crippen LogP contribution in [0.15, 0.2) is 24.3 Å². The summed E-state index contributed by atoms with van der Waals surface area (Å²) in [5.74, 6) is 1.85. The van der Waals surface area contributed by atoms with E-state index in [2.05, 4.69) is 38.1 Å². The van der Waals surface area contributed by atoms with Gasteiger partial charge in [-0.05, 0) is 47.6 Å². The van der Waals surface area contributed by atoms with E-state index in [1.54, 1.807) is 11.1 Å². The van der Waals surface area contributed by atoms with Gasteiger partial charge in [0.05, 0.1) is 0 Å². The van der Waals surface area contributed by atoms with E-state index in [4.69, 9.17) is 0 Å². The van der Waals surface area contributed by atoms with Gasteiger partial charge in [0.25, 0.3) is 0 Å². The summed E-state index contributed by atoms with van der Waals surface area (Å²) in [6, 6.07) is 9.16. The maximum absolute atomic E-state index is 2.52. The summed E-state index contributed by atoms with van der Waals surface area (Å²) in [5.41, 5.74) is 3.76. The third-order valence-electron chi connectivity index (χ3n) is 5.22. The molecule has 0 radical (unpaired) electrons. The van der Waals surface area contributed by atoms with Crippen molar-refractivity contribution in [2.45, 2.75) is 51.4 Å². The van der Waals surface area contributed by atoms with Crippen molar-refractivity contribution in [2.75, 3.05) is 0 Å². The Morgan fingerprint density at radius 3 is 2.88 bits per heavy atom. The molecule has 3 atom stereocenters. The molecule has 0 heteroatoms. The van der Waals surface area contributed by atoms with E-state index in [-0.39, 0.29) is 0 Å². The topological polar surface area (TPSA) is 0 Å². The predicted octanol–water partition coefficient (Wildman–Crippen LogP) is 4.33. The van der Waals surface area contributed by atoms with Crippen molar-refractivity contribution >= 4 is 0 Å². The lowest BCUT2D eigenvalue weighted by atomic mass is 9.55. The molecule has 1 aromatic rings. The second-order valence-corrected chi connectivity index (χ2v) is 6.09. The van der Waals surface area contributed by atoms with E-state index < -0.39 is 0 Å². The first-order valence-corrected chi connectivity index (χ1v) is 6.80. The molecule has 2 aliphatic carbocycles. The van der Waals surface area contributed by atoms with Crippen LogP contribution in [0.1, 0.15) is 50.7 Å². The number of hydrogen-bond acceptors (Lipinski definition) is 0. The normalized spacial score (nSPS) is 37.6. The summed E-state index contributed by atoms with van der Waals surface area (Å²) in [7, 11) is 0. The molecule has 0 spiro atoms. The van der Waals surface area contributed by atoms with Gasteiger partial charge in [0.2, 0.25) is 0 Å². The molecule has 16 heavy (non-hydrogen) atoms. The van der Waals surface area contributed by atoms with Gasteiger partial charge >= 0.3 is 0 Å². The zero-order chi connectivity index (χ0) is 11.2. The van der Waals surface area contributed by atoms with Crippen LogP contribution in [0.5, 0.6) is 0 Å². The summed E-state index contributed by atoms with van der Waals surface area (Å²) < 4.78 is 0. The highest BCUT2D eigenvalue weighted by Crippen LogP contribution is 2.51. The first-order valence-electron chi connectivity index (χ1n) is 6.80. The fourth-order valence-electron chi connectivity index (χ4n) is 4.35. The molecular weight excluding hydrogens is 192 g/mol. The van der Waals surface area contributed by atoms with Crippen LogP contribution >= 0.6 is 0 Å². The summed E-state index contributed by atoms with van der Waals surface area (Å²) in [6.45, 7) is 4.99. The monoisotopic (exact) mass is 214 g/mol. The van der Waals surface area contributed by atoms with Crippen molar-refractivity contribution in [3.8, 4) is 0 Å². The fourth-order valence-corrected chi connectivity index (χ4v) is 4.35. The van der Waals surface area contributed by atoms with Crippen LogP contribution in [0.25, 0.3) is 0 Å². The maximum atomic E-state index is 2.52. The summed E-state index contributed by atoms with van der Waals surface area (Å²) in [4.78, 5) is 0. The molecule has 0 unspecified atom stereocenters. The third-order valence-corrected chi connectivity index (χ3v) is 5.22. The second kappa shape index (κ2) is 3.61. The number of rotatable bonds is 0. The lowest BCUT2D eigenvalue weighted by Crippen LogP contribution is -2.43. The standard InChI is InChI=1S/C16H22/c1-12-6-5-11-16(2)14(12)10-9-13-7-3-4-8-15(13)16/h3-4,7-8,12,14H,5-6,9-11H2,1-2H3/t12-,14-,16-/m0/s1. The Morgan fingerprint density at radius 2 is 2.00 bits per heavy atom. The molecule has 1 fully saturated rings. The minimum Gasteiger partial charge on any atom is -0.0622 e. The van der Waals surface area contributed by atoms with Crippen LogP contribution in [-0.4, -0.2) is 0 Å². The predicted molar refractivity (Wildman–Crippen MR) is 68.6 cm³/mol. The van der Waals surface area contributed by atoms with Crippen molar-refractivity contribution in [2.24, 2.45) is 11.8 Å². The average Bonchev–Trinajstić information content (AvgIpc) is 2.29. The highest BCUT2D eigenvalue weighted by molar-refractivity contribution is 5.37. The summed E-state index contributed by atoms with van der Waals surface area (Å²) >= 11 is 0. The SMILES string of the molecule is C[C@H]1CCC[C@]2(C)c3ccccc3CC[C@@H]12. The number of hydrogen-bond donors (Lipinski definition) is 0. The van der Waals surface area contributed by atoms with Gasteiger partial charge in [-0.1, -0.05) is 51.0 Å². The van der Waals surface area contributed by atoms with Crippen LogP contribution in [0, 0.1) is 11.8 Å². The molecule has 3 rings (SSSR count). The maximum Gasteiger partial charge on any atom is -0.00417 e. The van der Waals surface area contributed by atoms with Crippen molar-refractivity contribution in [3.05, 3.63) is 35.4 Å². The average molecular weight is 214 g/mol. The Morgan fingerprint density at radius 1 is 1.19 bits per heavy atom. The first kappa shape index (κ1) is 10.4. The highest BCUT2D eigenvalue weighted by atomic mass is 14.5. The lowest BCUT2D eigenvalue weighted by molar-refractivity contribution is 0.118. The summed E-state index contributed by atoms with van der Waals surface area (Å²) in [5, 5.41) is 0. The molecule has 0 N–H and O–H groups in total. The van der Waals surface area contributed by atoms with Crippen LogP contribution < -0.4 is 0 Å². The number of benzene rings is 1. The van der Waals surface area contributed by atoms with Gasteiger partial charge in [0.1, 0.15) is 0 Å². The molecule has 0 nitrogen and oxygen atoms in total. The van der Waals surface area contributed by atoms with E-state index in [0.29, 0.717) is 5.41 Å². The molecule has 0 aromatic heterocycles. The van der Waals surface area contributed by atoms with Crippen LogP contribution in [-0.2, 0) is 11.8 Å². The van der Waals surface area contributed by atoms with E-state index in [0.717, 1.165) is 11.8 Å². The van der Waals surface area contributed by atoms with Gasteiger partial charge in [0, 0.05) is 0 Å². The van der Waals surface area contributed by atoms with E-state index in [9.17, 15) is 0 Å². The lowest BCUT2D eigenvalue weighted by Gasteiger charge is -2.49. The van der Waals surface area contributed by atoms with Gasteiger partial charge in [-0.15, -0.1) is 0 Å². The van der Waals surface area contributed by atoms with Crippen LogP contribution in [0.4, 0.5) is 0 Å². The molecule has 1 aromatic carbocycles. The quantitative estimate of drug-likeness (QED) is 0.603. The zero-order valence-electron chi connectivity index (χ0n) is 10.5. The summed E-state index contributed by atoms with van der Waals surface area (Å²) in [6.07, 6.45) is 6.99. The van der Waals surface area contributed by atoms with E-state index >= 15 is 0 Å². The second-order valence-electron chi connectivity index (χ2n) is 6.09. The Kier molecular flexibility index (Phi) is 2.34. The molecular formula is C16H22. The molecule has 86 valence electrons. The van der Waals surface area contributed by atoms with Gasteiger partial charge in [-0.3, -0.25) is 0 Å². The Hall–Kier alpha value is -0.780. The van der Waals surface area contributed by atoms with Gasteiger partial charge < -0.3 is 0 Å². The molecule has 0 amide bonds. The largest absolute Gasteiger partial charge is 0.0622 e. The first-order chi connectivity index (χ1) is 7.72. The van der Waals surface area contributed by atoms with Gasteiger partial charge in [-0.2, -0.15) is 0 Å². The Balaban J connectivity index is 2.09. The van der Waals surface area contributed by atoms with E-state index in [1.165, 1.54) is 32.1 Å². The minimum atomic E-state index is 0.479. The van der Waals surface area contributed by atoms with Crippen molar-refractivity contribution < 1.29 is 0 Å². The number of aryl methyl sites for hydroxylation is 1. The zero-order valence-corrected chi connectivity index (χ0v) is 10.5. The fraction of sp³-hybridized carbons (Fsp3) is 0.625. The minimum absolute atomic E-state index is 0.479. The molecule has 0 bridgehead atoms.